The Bertz CT molecular complexity index is 485. The molecule has 0 aliphatic carbocycles. The van der Waals surface area contributed by atoms with E-state index in [1.165, 1.54) is 13.0 Å². The Labute approximate surface area is 127 Å². The third-order valence-electron chi connectivity index (χ3n) is 2.74. The van der Waals surface area contributed by atoms with Crippen LogP contribution in [0.5, 0.6) is 0 Å². The number of nitrogens with two attached hydrogens (primary N) is 1. The molecule has 5 nitrogen and oxygen atoms in total. The van der Waals surface area contributed by atoms with E-state index in [-0.39, 0.29) is 11.0 Å². The number of rotatable bonds is 3. The van der Waals surface area contributed by atoms with Gasteiger partial charge in [-0.25, -0.2) is 0 Å². The first-order valence-electron chi connectivity index (χ1n) is 7.28. The van der Waals surface area contributed by atoms with Gasteiger partial charge in [-0.05, 0) is 49.7 Å². The van der Waals surface area contributed by atoms with Gasteiger partial charge in [0.05, 0.1) is 11.9 Å². The smallest absolute Gasteiger partial charge is 0.283 e. The maximum absolute atomic E-state index is 11.4. The quantitative estimate of drug-likeness (QED) is 0.590. The summed E-state index contributed by atoms with van der Waals surface area (Å²) in [6, 6.07) is 3.32. The lowest BCUT2D eigenvalue weighted by Crippen LogP contribution is -2.23. The molecule has 0 radical (unpaired) electrons. The van der Waals surface area contributed by atoms with Crippen LogP contribution in [-0.2, 0) is 6.42 Å². The molecule has 0 aliphatic heterocycles. The summed E-state index contributed by atoms with van der Waals surface area (Å²) in [6.07, 6.45) is 1.12. The van der Waals surface area contributed by atoms with Crippen LogP contribution < -0.4 is 11.3 Å². The minimum Gasteiger partial charge on any atom is -0.425 e. The van der Waals surface area contributed by atoms with E-state index < -0.39 is 6.23 Å². The fraction of sp³-hybridized carbons (Fsp3) is 0.688. The van der Waals surface area contributed by atoms with Crippen molar-refractivity contribution in [2.45, 2.75) is 60.6 Å². The average molecular weight is 298 g/mol. The summed E-state index contributed by atoms with van der Waals surface area (Å²) in [7, 11) is 0. The predicted molar refractivity (Wildman–Crippen MR) is 85.4 cm³/mol. The summed E-state index contributed by atoms with van der Waals surface area (Å²) < 4.78 is 0.770. The largest absolute Gasteiger partial charge is 0.425 e. The highest BCUT2D eigenvalue weighted by Gasteiger charge is 2.17. The molecule has 0 fully saturated rings. The highest BCUT2D eigenvalue weighted by Crippen LogP contribution is 2.26. The van der Waals surface area contributed by atoms with E-state index in [2.05, 4.69) is 33.4 Å². The molecule has 1 heterocycles. The second-order valence-electron chi connectivity index (χ2n) is 6.99. The Morgan fingerprint density at radius 1 is 1.29 bits per heavy atom. The molecule has 5 heteroatoms. The van der Waals surface area contributed by atoms with Crippen molar-refractivity contribution < 1.29 is 10.3 Å². The fourth-order valence-electron chi connectivity index (χ4n) is 2.38. The Morgan fingerprint density at radius 2 is 1.76 bits per heavy atom. The van der Waals surface area contributed by atoms with E-state index in [1.54, 1.807) is 0 Å². The van der Waals surface area contributed by atoms with Crippen LogP contribution in [0.4, 0.5) is 0 Å². The molecule has 1 rings (SSSR count). The van der Waals surface area contributed by atoms with Gasteiger partial charge in [0.15, 0.2) is 0 Å². The summed E-state index contributed by atoms with van der Waals surface area (Å²) in [5.41, 5.74) is 6.19. The molecular weight excluding hydrogens is 268 g/mol. The van der Waals surface area contributed by atoms with Crippen molar-refractivity contribution in [3.63, 3.8) is 0 Å². The van der Waals surface area contributed by atoms with Crippen LogP contribution in [0, 0.1) is 18.3 Å². The second-order valence-corrected chi connectivity index (χ2v) is 6.99. The van der Waals surface area contributed by atoms with E-state index in [1.807, 2.05) is 13.0 Å². The second kappa shape index (κ2) is 8.20. The predicted octanol–water partition coefficient (Wildman–Crippen LogP) is 2.29. The molecule has 1 aromatic heterocycles. The van der Waals surface area contributed by atoms with Crippen LogP contribution >= 0.6 is 0 Å². The lowest BCUT2D eigenvalue weighted by molar-refractivity contribution is 0.160. The number of hydrogen-bond donors (Lipinski definition) is 3. The third kappa shape index (κ3) is 9.26. The molecule has 0 saturated heterocycles. The lowest BCUT2D eigenvalue weighted by atomic mass is 9.83. The third-order valence-corrected chi connectivity index (χ3v) is 2.74. The first-order chi connectivity index (χ1) is 9.42. The van der Waals surface area contributed by atoms with Gasteiger partial charge in [0.25, 0.3) is 5.56 Å². The summed E-state index contributed by atoms with van der Waals surface area (Å²) in [5.74, 6) is 0.439. The fourth-order valence-corrected chi connectivity index (χ4v) is 2.38. The summed E-state index contributed by atoms with van der Waals surface area (Å²) in [5, 5.41) is 17.5. The Morgan fingerprint density at radius 3 is 2.19 bits per heavy atom. The maximum Gasteiger partial charge on any atom is 0.283 e. The lowest BCUT2D eigenvalue weighted by Gasteiger charge is -2.23. The number of aliphatic hydroxyl groups is 1. The maximum atomic E-state index is 11.4. The van der Waals surface area contributed by atoms with Crippen molar-refractivity contribution in [1.82, 2.24) is 4.73 Å². The first kappa shape index (κ1) is 19.7. The molecule has 2 unspecified atom stereocenters. The monoisotopic (exact) mass is 298 g/mol. The van der Waals surface area contributed by atoms with Gasteiger partial charge in [0.2, 0.25) is 0 Å². The number of aromatic nitrogens is 1. The molecule has 0 bridgehead atoms. The van der Waals surface area contributed by atoms with Crippen molar-refractivity contribution in [3.8, 4) is 0 Å². The Balaban J connectivity index is 0.000000885. The van der Waals surface area contributed by atoms with E-state index in [0.717, 1.165) is 23.1 Å². The normalized spacial score (nSPS) is 14.1. The van der Waals surface area contributed by atoms with Crippen LogP contribution in [0.1, 0.15) is 52.3 Å². The number of nitrogens with zero attached hydrogens (tertiary/aromatic N) is 1. The van der Waals surface area contributed by atoms with Crippen LogP contribution in [0.25, 0.3) is 0 Å². The standard InChI is InChI=1S/C14H23NO2.C2H7NO/c1-10-6-12(15(17)13(16)8-10)7-11(2)9-14(3,4)5;1-2(3)4/h6,8,11,17H,7,9H2,1-5H3;2,4H,3H2,1H3. The van der Waals surface area contributed by atoms with Crippen LogP contribution in [0.3, 0.4) is 0 Å². The van der Waals surface area contributed by atoms with Gasteiger partial charge in [-0.1, -0.05) is 27.7 Å². The Hall–Kier alpha value is -1.33. The van der Waals surface area contributed by atoms with Crippen LogP contribution in [0.2, 0.25) is 0 Å². The first-order valence-corrected chi connectivity index (χ1v) is 7.28. The minimum atomic E-state index is -0.667. The molecule has 1 aromatic rings. The van der Waals surface area contributed by atoms with Crippen molar-refractivity contribution in [2.24, 2.45) is 17.1 Å². The number of aliphatic hydroxyl groups excluding tert-OH is 1. The molecule has 0 amide bonds. The SMILES string of the molecule is CC(N)O.Cc1cc(CC(C)CC(C)(C)C)n(O)c(=O)c1. The van der Waals surface area contributed by atoms with Gasteiger partial charge in [0.1, 0.15) is 0 Å². The van der Waals surface area contributed by atoms with Crippen LogP contribution in [-0.4, -0.2) is 21.3 Å². The average Bonchev–Trinajstić information content (AvgIpc) is 2.21. The van der Waals surface area contributed by atoms with Crippen molar-refractivity contribution in [1.29, 1.82) is 0 Å². The van der Waals surface area contributed by atoms with Crippen molar-refractivity contribution in [2.75, 3.05) is 0 Å². The number of aryl methyl sites for hydroxylation is 1. The molecule has 21 heavy (non-hydrogen) atoms. The molecular formula is C16H30N2O3. The van der Waals surface area contributed by atoms with Crippen molar-refractivity contribution in [3.05, 3.63) is 33.7 Å². The minimum absolute atomic E-state index is 0.268. The topological polar surface area (TPSA) is 88.5 Å². The van der Waals surface area contributed by atoms with Gasteiger partial charge in [-0.2, -0.15) is 4.73 Å². The zero-order chi connectivity index (χ0) is 16.8. The molecule has 0 aromatic carbocycles. The highest BCUT2D eigenvalue weighted by atomic mass is 16.5. The van der Waals surface area contributed by atoms with Gasteiger partial charge >= 0.3 is 0 Å². The zero-order valence-corrected chi connectivity index (χ0v) is 14.1. The zero-order valence-electron chi connectivity index (χ0n) is 14.1. The van der Waals surface area contributed by atoms with Gasteiger partial charge in [-0.15, -0.1) is 0 Å². The molecule has 2 atom stereocenters. The Kier molecular flexibility index (Phi) is 7.68. The summed E-state index contributed by atoms with van der Waals surface area (Å²) in [4.78, 5) is 11.4. The molecule has 4 N–H and O–H groups in total. The summed E-state index contributed by atoms with van der Waals surface area (Å²) >= 11 is 0. The van der Waals surface area contributed by atoms with Gasteiger partial charge in [0, 0.05) is 6.07 Å². The molecule has 0 saturated carbocycles. The van der Waals surface area contributed by atoms with E-state index in [4.69, 9.17) is 5.11 Å². The molecule has 0 aliphatic rings. The van der Waals surface area contributed by atoms with Crippen molar-refractivity contribution >= 4 is 0 Å². The van der Waals surface area contributed by atoms with Gasteiger partial charge < -0.3 is 16.0 Å². The number of pyridine rings is 1. The molecule has 0 spiro atoms. The van der Waals surface area contributed by atoms with E-state index >= 15 is 0 Å². The van der Waals surface area contributed by atoms with Gasteiger partial charge in [-0.3, -0.25) is 4.79 Å². The van der Waals surface area contributed by atoms with E-state index in [9.17, 15) is 10.0 Å². The van der Waals surface area contributed by atoms with E-state index in [0.29, 0.717) is 11.6 Å². The highest BCUT2D eigenvalue weighted by molar-refractivity contribution is 5.15. The summed E-state index contributed by atoms with van der Waals surface area (Å²) in [6.45, 7) is 12.1. The van der Waals surface area contributed by atoms with Crippen LogP contribution in [0.15, 0.2) is 16.9 Å². The molecule has 122 valence electrons. The number of hydrogen-bond acceptors (Lipinski definition) is 4.